The lowest BCUT2D eigenvalue weighted by Crippen LogP contribution is -2.52. The fraction of sp³-hybridized carbons (Fsp3) is 0.273. The molecule has 10 heteroatoms. The van der Waals surface area contributed by atoms with Crippen molar-refractivity contribution in [3.8, 4) is 0 Å². The lowest BCUT2D eigenvalue weighted by molar-refractivity contribution is -0.147. The summed E-state index contributed by atoms with van der Waals surface area (Å²) in [5.41, 5.74) is -0.318. The van der Waals surface area contributed by atoms with E-state index in [0.29, 0.717) is 5.56 Å². The minimum Gasteiger partial charge on any atom is -0.346 e. The normalized spacial score (nSPS) is 20.7. The Morgan fingerprint density at radius 1 is 1.28 bits per heavy atom. The topological polar surface area (TPSA) is 95.6 Å². The van der Waals surface area contributed by atoms with E-state index in [4.69, 9.17) is 15.7 Å². The van der Waals surface area contributed by atoms with Gasteiger partial charge in [-0.25, -0.2) is 0 Å². The number of imide groups is 1. The summed E-state index contributed by atoms with van der Waals surface area (Å²) in [6.07, 6.45) is 0.259. The first-order valence-electron chi connectivity index (χ1n) is 11.1. The van der Waals surface area contributed by atoms with E-state index in [1.165, 1.54) is 23.1 Å². The van der Waals surface area contributed by atoms with Gasteiger partial charge in [0.05, 0.1) is 4.11 Å². The summed E-state index contributed by atoms with van der Waals surface area (Å²) >= 11 is 5.67. The maximum absolute atomic E-state index is 14.8. The molecule has 2 aromatic carbocycles. The van der Waals surface area contributed by atoms with Gasteiger partial charge in [-0.3, -0.25) is 24.5 Å². The Morgan fingerprint density at radius 3 is 2.69 bits per heavy atom. The average Bonchev–Trinajstić information content (AvgIpc) is 3.08. The van der Waals surface area contributed by atoms with Crippen LogP contribution in [0.2, 0.25) is 5.02 Å². The molecular formula is C22H18ClF2N3O4. The Kier molecular flexibility index (Phi) is 4.74. The smallest absolute Gasteiger partial charge is 0.346 e. The number of fused-ring (bicyclic) bond motifs is 1. The number of piperidine rings is 1. The molecule has 2 unspecified atom stereocenters. The van der Waals surface area contributed by atoms with E-state index < -0.39 is 59.8 Å². The second-order valence-electron chi connectivity index (χ2n) is 7.35. The van der Waals surface area contributed by atoms with Crippen LogP contribution in [0.5, 0.6) is 0 Å². The van der Waals surface area contributed by atoms with E-state index in [2.05, 4.69) is 5.32 Å². The fourth-order valence-electron chi connectivity index (χ4n) is 3.58. The Morgan fingerprint density at radius 2 is 2.00 bits per heavy atom. The van der Waals surface area contributed by atoms with Gasteiger partial charge in [-0.15, -0.1) is 0 Å². The highest BCUT2D eigenvalue weighted by Crippen LogP contribution is 2.30. The number of benzene rings is 2. The predicted molar refractivity (Wildman–Crippen MR) is 110 cm³/mol. The molecular weight excluding hydrogens is 444 g/mol. The standard InChI is InChI=1S/C22H18ClF2N3O4/c23-15-4-2-14(3-5-15)22(24,25)21(32)26-10-12-1-6-16-13(9-12)11-28(20(16)31)17-7-8-18(29)27-19(17)30/h1-6,9,17H,7-8,10-11H2,(H,26,32)(H,27,29,30)/i2D,3D,10D. The van der Waals surface area contributed by atoms with Gasteiger partial charge in [0.2, 0.25) is 11.8 Å². The van der Waals surface area contributed by atoms with E-state index in [0.717, 1.165) is 12.1 Å². The first kappa shape index (κ1) is 18.3. The molecule has 0 saturated carbocycles. The van der Waals surface area contributed by atoms with Gasteiger partial charge >= 0.3 is 5.92 Å². The molecule has 2 aliphatic rings. The molecule has 2 atom stereocenters. The van der Waals surface area contributed by atoms with Crippen LogP contribution in [0.4, 0.5) is 8.78 Å². The fourth-order valence-corrected chi connectivity index (χ4v) is 3.69. The van der Waals surface area contributed by atoms with Gasteiger partial charge in [0.1, 0.15) is 6.04 Å². The summed E-state index contributed by atoms with van der Waals surface area (Å²) in [5, 5.41) is 3.96. The molecule has 1 fully saturated rings. The van der Waals surface area contributed by atoms with Gasteiger partial charge in [0.15, 0.2) is 0 Å². The van der Waals surface area contributed by atoms with E-state index >= 15 is 0 Å². The van der Waals surface area contributed by atoms with Crippen LogP contribution in [-0.2, 0) is 33.4 Å². The zero-order valence-corrected chi connectivity index (χ0v) is 17.1. The molecule has 7 nitrogen and oxygen atoms in total. The monoisotopic (exact) mass is 464 g/mol. The maximum atomic E-state index is 14.8. The van der Waals surface area contributed by atoms with E-state index in [-0.39, 0.29) is 35.5 Å². The molecule has 0 aromatic heterocycles. The van der Waals surface area contributed by atoms with Gasteiger partial charge in [-0.1, -0.05) is 35.8 Å². The average molecular weight is 465 g/mol. The summed E-state index contributed by atoms with van der Waals surface area (Å²) in [4.78, 5) is 49.9. The van der Waals surface area contributed by atoms with Crippen LogP contribution in [-0.4, -0.2) is 34.6 Å². The molecule has 1 saturated heterocycles. The number of hydrogen-bond acceptors (Lipinski definition) is 4. The number of alkyl halides is 2. The third-order valence-corrected chi connectivity index (χ3v) is 5.44. The Hall–Kier alpha value is -3.33. The van der Waals surface area contributed by atoms with Gasteiger partial charge in [-0.05, 0) is 35.7 Å². The van der Waals surface area contributed by atoms with Crippen LogP contribution in [0.1, 0.15) is 44.0 Å². The molecule has 4 rings (SSSR count). The lowest BCUT2D eigenvalue weighted by Gasteiger charge is -2.29. The minimum absolute atomic E-state index is 0.0142. The highest BCUT2D eigenvalue weighted by atomic mass is 35.5. The number of nitrogens with one attached hydrogen (secondary N) is 2. The molecule has 0 radical (unpaired) electrons. The molecule has 166 valence electrons. The zero-order valence-electron chi connectivity index (χ0n) is 19.4. The van der Waals surface area contributed by atoms with Crippen molar-refractivity contribution in [2.24, 2.45) is 0 Å². The molecule has 0 spiro atoms. The van der Waals surface area contributed by atoms with Crippen molar-refractivity contribution in [1.82, 2.24) is 15.5 Å². The number of carbonyl (C=O) groups is 4. The molecule has 0 aliphatic carbocycles. The molecule has 0 bridgehead atoms. The third kappa shape index (κ3) is 4.08. The number of halogens is 3. The van der Waals surface area contributed by atoms with Gasteiger partial charge in [-0.2, -0.15) is 8.78 Å². The summed E-state index contributed by atoms with van der Waals surface area (Å²) < 4.78 is 53.1. The summed E-state index contributed by atoms with van der Waals surface area (Å²) in [6, 6.07) is 3.49. The molecule has 4 amide bonds. The summed E-state index contributed by atoms with van der Waals surface area (Å²) in [6.45, 7) is -1.63. The third-order valence-electron chi connectivity index (χ3n) is 5.23. The summed E-state index contributed by atoms with van der Waals surface area (Å²) in [5.74, 6) is -7.58. The van der Waals surface area contributed by atoms with E-state index in [9.17, 15) is 28.0 Å². The minimum atomic E-state index is -4.27. The van der Waals surface area contributed by atoms with Crippen molar-refractivity contribution in [3.63, 3.8) is 0 Å². The van der Waals surface area contributed by atoms with Crippen molar-refractivity contribution in [2.45, 2.75) is 37.9 Å². The largest absolute Gasteiger partial charge is 0.349 e. The van der Waals surface area contributed by atoms with Crippen LogP contribution in [0.3, 0.4) is 0 Å². The number of carbonyl (C=O) groups excluding carboxylic acids is 4. The van der Waals surface area contributed by atoms with Crippen LogP contribution >= 0.6 is 11.6 Å². The molecule has 2 aliphatic heterocycles. The van der Waals surface area contributed by atoms with Crippen molar-refractivity contribution in [2.75, 3.05) is 0 Å². The van der Waals surface area contributed by atoms with Gasteiger partial charge in [0.25, 0.3) is 11.8 Å². The predicted octanol–water partition coefficient (Wildman–Crippen LogP) is 2.51. The van der Waals surface area contributed by atoms with Crippen LogP contribution in [0.25, 0.3) is 0 Å². The number of hydrogen-bond donors (Lipinski definition) is 2. The van der Waals surface area contributed by atoms with Crippen LogP contribution < -0.4 is 10.6 Å². The van der Waals surface area contributed by atoms with Crippen molar-refractivity contribution < 1.29 is 32.1 Å². The second kappa shape index (κ2) is 8.31. The zero-order chi connectivity index (χ0) is 25.7. The van der Waals surface area contributed by atoms with Crippen molar-refractivity contribution >= 4 is 35.2 Å². The molecule has 2 N–H and O–H groups in total. The Labute approximate surface area is 190 Å². The number of nitrogens with zero attached hydrogens (tertiary/aromatic N) is 1. The molecule has 32 heavy (non-hydrogen) atoms. The molecule has 2 heterocycles. The van der Waals surface area contributed by atoms with Gasteiger partial charge < -0.3 is 10.2 Å². The number of rotatable bonds is 5. The van der Waals surface area contributed by atoms with Crippen LogP contribution in [0.15, 0.2) is 42.4 Å². The Balaban J connectivity index is 1.51. The summed E-state index contributed by atoms with van der Waals surface area (Å²) in [7, 11) is 0. The van der Waals surface area contributed by atoms with E-state index in [1.54, 1.807) is 0 Å². The van der Waals surface area contributed by atoms with Gasteiger partial charge in [0, 0.05) is 35.6 Å². The highest BCUT2D eigenvalue weighted by Gasteiger charge is 2.41. The Bertz CT molecular complexity index is 1250. The number of amides is 4. The van der Waals surface area contributed by atoms with Crippen LogP contribution in [0, 0.1) is 0 Å². The van der Waals surface area contributed by atoms with Crippen molar-refractivity contribution in [3.05, 3.63) is 69.7 Å². The second-order valence-corrected chi connectivity index (χ2v) is 7.78. The SMILES string of the molecule is [2H]c1cc(Cl)cc([2H])c1C(F)(F)C(=O)NC([2H])c1ccc2c(c1)CN(C1CCC(=O)NC1=O)C2=O. The quantitative estimate of drug-likeness (QED) is 0.665. The van der Waals surface area contributed by atoms with E-state index in [1.807, 2.05) is 5.32 Å². The maximum Gasteiger partial charge on any atom is 0.349 e. The molecule has 2 aromatic rings. The first-order chi connectivity index (χ1) is 16.4. The van der Waals surface area contributed by atoms with Crippen molar-refractivity contribution in [1.29, 1.82) is 0 Å². The highest BCUT2D eigenvalue weighted by molar-refractivity contribution is 6.30. The first-order valence-corrected chi connectivity index (χ1v) is 9.93. The lowest BCUT2D eigenvalue weighted by atomic mass is 10.0.